The average molecular weight is 279 g/mol. The van der Waals surface area contributed by atoms with Crippen LogP contribution in [0.5, 0.6) is 0 Å². The molecular formula is C16H19F2NO. The minimum absolute atomic E-state index is 0.120. The zero-order valence-electron chi connectivity index (χ0n) is 11.4. The van der Waals surface area contributed by atoms with E-state index >= 15 is 0 Å². The molecule has 0 heterocycles. The van der Waals surface area contributed by atoms with Crippen LogP contribution in [-0.4, -0.2) is 30.3 Å². The lowest BCUT2D eigenvalue weighted by molar-refractivity contribution is 0.0923. The molecule has 0 N–H and O–H groups in total. The highest BCUT2D eigenvalue weighted by molar-refractivity contribution is 5.97. The minimum Gasteiger partial charge on any atom is -0.295 e. The van der Waals surface area contributed by atoms with E-state index in [-0.39, 0.29) is 11.3 Å². The molecule has 0 atom stereocenters. The fourth-order valence-corrected chi connectivity index (χ4v) is 2.50. The van der Waals surface area contributed by atoms with Crippen molar-refractivity contribution in [3.63, 3.8) is 0 Å². The first-order chi connectivity index (χ1) is 9.61. The van der Waals surface area contributed by atoms with Crippen LogP contribution in [0.25, 0.3) is 0 Å². The highest BCUT2D eigenvalue weighted by atomic mass is 19.2. The van der Waals surface area contributed by atoms with Crippen molar-refractivity contribution in [3.8, 4) is 0 Å². The van der Waals surface area contributed by atoms with Crippen molar-refractivity contribution in [3.05, 3.63) is 35.4 Å². The van der Waals surface area contributed by atoms with E-state index in [9.17, 15) is 13.6 Å². The molecule has 0 bridgehead atoms. The lowest BCUT2D eigenvalue weighted by Crippen LogP contribution is -2.33. The molecule has 2 nitrogen and oxygen atoms in total. The number of Topliss-reactive ketones (excluding diaryl/α,β-unsaturated/α-hetero) is 1. The topological polar surface area (TPSA) is 20.3 Å². The Morgan fingerprint density at radius 1 is 1.05 bits per heavy atom. The van der Waals surface area contributed by atoms with Gasteiger partial charge in [0, 0.05) is 18.7 Å². The first-order valence-electron chi connectivity index (χ1n) is 7.32. The Hall–Kier alpha value is -1.29. The lowest BCUT2D eigenvalue weighted by Gasteiger charge is -2.21. The van der Waals surface area contributed by atoms with Crippen molar-refractivity contribution in [2.24, 2.45) is 11.8 Å². The number of halogens is 2. The summed E-state index contributed by atoms with van der Waals surface area (Å²) in [5, 5.41) is 0. The number of hydrogen-bond donors (Lipinski definition) is 0. The maximum absolute atomic E-state index is 13.2. The summed E-state index contributed by atoms with van der Waals surface area (Å²) < 4.78 is 26.1. The fraction of sp³-hybridized carbons (Fsp3) is 0.562. The molecule has 2 aliphatic carbocycles. The van der Waals surface area contributed by atoms with Gasteiger partial charge in [-0.25, -0.2) is 8.78 Å². The molecule has 4 heteroatoms. The molecule has 0 radical (unpaired) electrons. The fourth-order valence-electron chi connectivity index (χ4n) is 2.50. The second-order valence-corrected chi connectivity index (χ2v) is 6.13. The lowest BCUT2D eigenvalue weighted by atomic mass is 10.1. The van der Waals surface area contributed by atoms with Gasteiger partial charge in [-0.05, 0) is 55.7 Å². The van der Waals surface area contributed by atoms with Gasteiger partial charge >= 0.3 is 0 Å². The molecule has 1 aromatic rings. The maximum Gasteiger partial charge on any atom is 0.176 e. The summed E-state index contributed by atoms with van der Waals surface area (Å²) in [6, 6.07) is 3.39. The van der Waals surface area contributed by atoms with Crippen molar-refractivity contribution in [1.82, 2.24) is 4.90 Å². The van der Waals surface area contributed by atoms with E-state index in [0.29, 0.717) is 6.54 Å². The second kappa shape index (κ2) is 5.60. The number of rotatable bonds is 7. The van der Waals surface area contributed by atoms with Crippen LogP contribution in [0.15, 0.2) is 18.2 Å². The van der Waals surface area contributed by atoms with Crippen LogP contribution in [0.1, 0.15) is 36.0 Å². The summed E-state index contributed by atoms with van der Waals surface area (Å²) in [4.78, 5) is 14.4. The van der Waals surface area contributed by atoms with Gasteiger partial charge in [0.1, 0.15) is 0 Å². The number of benzene rings is 1. The number of carbonyl (C=O) groups excluding carboxylic acids is 1. The minimum atomic E-state index is -0.952. The van der Waals surface area contributed by atoms with Crippen molar-refractivity contribution >= 4 is 5.78 Å². The molecule has 0 unspecified atom stereocenters. The van der Waals surface area contributed by atoms with Crippen LogP contribution in [0.2, 0.25) is 0 Å². The molecule has 2 saturated carbocycles. The molecule has 2 fully saturated rings. The molecule has 0 aliphatic heterocycles. The smallest absolute Gasteiger partial charge is 0.176 e. The van der Waals surface area contributed by atoms with Crippen LogP contribution in [0, 0.1) is 23.5 Å². The van der Waals surface area contributed by atoms with Crippen LogP contribution in [-0.2, 0) is 0 Å². The third-order valence-electron chi connectivity index (χ3n) is 4.04. The van der Waals surface area contributed by atoms with E-state index in [1.54, 1.807) is 0 Å². The molecular weight excluding hydrogens is 260 g/mol. The van der Waals surface area contributed by atoms with Gasteiger partial charge in [-0.1, -0.05) is 0 Å². The van der Waals surface area contributed by atoms with Crippen LogP contribution < -0.4 is 0 Å². The summed E-state index contributed by atoms with van der Waals surface area (Å²) in [7, 11) is 0. The van der Waals surface area contributed by atoms with Crippen molar-refractivity contribution < 1.29 is 13.6 Å². The second-order valence-electron chi connectivity index (χ2n) is 6.13. The Morgan fingerprint density at radius 3 is 2.15 bits per heavy atom. The van der Waals surface area contributed by atoms with Crippen molar-refractivity contribution in [2.45, 2.75) is 25.7 Å². The van der Waals surface area contributed by atoms with Crippen LogP contribution in [0.4, 0.5) is 8.78 Å². The Morgan fingerprint density at radius 2 is 1.65 bits per heavy atom. The normalized spacial score (nSPS) is 18.6. The maximum atomic E-state index is 13.2. The zero-order valence-corrected chi connectivity index (χ0v) is 11.4. The largest absolute Gasteiger partial charge is 0.295 e. The van der Waals surface area contributed by atoms with Gasteiger partial charge in [0.15, 0.2) is 17.4 Å². The standard InChI is InChI=1S/C16H19F2NO/c17-14-6-5-13(7-15(14)18)16(20)10-19(8-11-1-2-11)9-12-3-4-12/h5-7,11-12H,1-4,8-10H2. The monoisotopic (exact) mass is 279 g/mol. The summed E-state index contributed by atoms with van der Waals surface area (Å²) >= 11 is 0. The van der Waals surface area contributed by atoms with Gasteiger partial charge in [0.25, 0.3) is 0 Å². The van der Waals surface area contributed by atoms with Crippen LogP contribution >= 0.6 is 0 Å². The molecule has 0 amide bonds. The predicted octanol–water partition coefficient (Wildman–Crippen LogP) is 3.27. The first kappa shape index (κ1) is 13.7. The Kier molecular flexibility index (Phi) is 3.83. The zero-order chi connectivity index (χ0) is 14.1. The number of ketones is 1. The Balaban J connectivity index is 1.62. The van der Waals surface area contributed by atoms with Crippen LogP contribution in [0.3, 0.4) is 0 Å². The third-order valence-corrected chi connectivity index (χ3v) is 4.04. The average Bonchev–Trinajstić information content (AvgIpc) is 3.28. The Labute approximate surface area is 117 Å². The number of carbonyl (C=O) groups is 1. The summed E-state index contributed by atoms with van der Waals surface area (Å²) in [5.41, 5.74) is 0.264. The van der Waals surface area contributed by atoms with Gasteiger partial charge < -0.3 is 0 Å². The van der Waals surface area contributed by atoms with E-state index in [1.165, 1.54) is 31.7 Å². The van der Waals surface area contributed by atoms with E-state index < -0.39 is 11.6 Å². The van der Waals surface area contributed by atoms with Crippen molar-refractivity contribution in [1.29, 1.82) is 0 Å². The van der Waals surface area contributed by atoms with E-state index in [0.717, 1.165) is 37.1 Å². The molecule has 20 heavy (non-hydrogen) atoms. The molecule has 2 aliphatic rings. The van der Waals surface area contributed by atoms with E-state index in [4.69, 9.17) is 0 Å². The van der Waals surface area contributed by atoms with Gasteiger partial charge in [0.2, 0.25) is 0 Å². The molecule has 0 saturated heterocycles. The first-order valence-corrected chi connectivity index (χ1v) is 7.32. The molecule has 0 aromatic heterocycles. The highest BCUT2D eigenvalue weighted by Gasteiger charge is 2.30. The van der Waals surface area contributed by atoms with Gasteiger partial charge in [-0.3, -0.25) is 9.69 Å². The SMILES string of the molecule is O=C(CN(CC1CC1)CC1CC1)c1ccc(F)c(F)c1. The number of hydrogen-bond acceptors (Lipinski definition) is 2. The molecule has 0 spiro atoms. The third kappa shape index (κ3) is 3.63. The van der Waals surface area contributed by atoms with E-state index in [2.05, 4.69) is 4.90 Å². The van der Waals surface area contributed by atoms with E-state index in [1.807, 2.05) is 0 Å². The molecule has 3 rings (SSSR count). The van der Waals surface area contributed by atoms with Gasteiger partial charge in [-0.2, -0.15) is 0 Å². The van der Waals surface area contributed by atoms with Crippen molar-refractivity contribution in [2.75, 3.05) is 19.6 Å². The summed E-state index contributed by atoms with van der Waals surface area (Å²) in [6.07, 6.45) is 5.00. The van der Waals surface area contributed by atoms with Gasteiger partial charge in [-0.15, -0.1) is 0 Å². The molecule has 1 aromatic carbocycles. The van der Waals surface area contributed by atoms with Gasteiger partial charge in [0.05, 0.1) is 6.54 Å². The Bertz CT molecular complexity index is 495. The summed E-state index contributed by atoms with van der Waals surface area (Å²) in [5.74, 6) is -0.524. The molecule has 108 valence electrons. The number of nitrogens with zero attached hydrogens (tertiary/aromatic N) is 1. The quantitative estimate of drug-likeness (QED) is 0.714. The predicted molar refractivity (Wildman–Crippen MR) is 72.6 cm³/mol. The highest BCUT2D eigenvalue weighted by Crippen LogP contribution is 2.33. The summed E-state index contributed by atoms with van der Waals surface area (Å²) in [6.45, 7) is 2.25.